The second-order valence-electron chi connectivity index (χ2n) is 7.51. The lowest BCUT2D eigenvalue weighted by Gasteiger charge is -2.06. The first-order chi connectivity index (χ1) is 15.6. The molecule has 160 valence electrons. The predicted octanol–water partition coefficient (Wildman–Crippen LogP) is 5.04. The van der Waals surface area contributed by atoms with Gasteiger partial charge in [0.2, 0.25) is 0 Å². The molecule has 32 heavy (non-hydrogen) atoms. The quantitative estimate of drug-likeness (QED) is 0.322. The van der Waals surface area contributed by atoms with Crippen molar-refractivity contribution in [2.24, 2.45) is 5.10 Å². The van der Waals surface area contributed by atoms with Crippen LogP contribution in [-0.4, -0.2) is 22.3 Å². The summed E-state index contributed by atoms with van der Waals surface area (Å²) in [4.78, 5) is 12.4. The molecule has 4 rings (SSSR count). The minimum atomic E-state index is -0.355. The fourth-order valence-corrected chi connectivity index (χ4v) is 3.10. The van der Waals surface area contributed by atoms with Gasteiger partial charge in [-0.15, -0.1) is 0 Å². The Balaban J connectivity index is 1.31. The zero-order valence-electron chi connectivity index (χ0n) is 18.0. The van der Waals surface area contributed by atoms with Crippen LogP contribution in [0.15, 0.2) is 84.0 Å². The van der Waals surface area contributed by atoms with Crippen LogP contribution in [-0.2, 0) is 6.61 Å². The monoisotopic (exact) mass is 424 g/mol. The van der Waals surface area contributed by atoms with Gasteiger partial charge in [-0.2, -0.15) is 10.2 Å². The molecular formula is C26H24N4O2. The predicted molar refractivity (Wildman–Crippen MR) is 126 cm³/mol. The number of nitrogens with one attached hydrogen (secondary N) is 2. The smallest absolute Gasteiger partial charge is 0.289 e. The van der Waals surface area contributed by atoms with Crippen molar-refractivity contribution in [3.8, 4) is 17.0 Å². The number of carbonyl (C=O) groups is 1. The zero-order valence-corrected chi connectivity index (χ0v) is 18.0. The summed E-state index contributed by atoms with van der Waals surface area (Å²) in [5, 5.41) is 11.0. The summed E-state index contributed by atoms with van der Waals surface area (Å²) in [7, 11) is 0. The second kappa shape index (κ2) is 9.75. The second-order valence-corrected chi connectivity index (χ2v) is 7.51. The maximum absolute atomic E-state index is 12.4. The number of hydrogen-bond donors (Lipinski definition) is 2. The van der Waals surface area contributed by atoms with Crippen molar-refractivity contribution in [2.45, 2.75) is 20.5 Å². The Labute approximate surface area is 187 Å². The molecule has 4 aromatic rings. The fraction of sp³-hybridized carbons (Fsp3) is 0.115. The average molecular weight is 425 g/mol. The minimum Gasteiger partial charge on any atom is -0.489 e. The number of aromatic nitrogens is 2. The van der Waals surface area contributed by atoms with Crippen LogP contribution >= 0.6 is 0 Å². The van der Waals surface area contributed by atoms with Crippen molar-refractivity contribution in [2.75, 3.05) is 0 Å². The molecule has 6 nitrogen and oxygen atoms in total. The molecule has 0 aliphatic carbocycles. The molecular weight excluding hydrogens is 400 g/mol. The van der Waals surface area contributed by atoms with Gasteiger partial charge < -0.3 is 4.74 Å². The summed E-state index contributed by atoms with van der Waals surface area (Å²) in [6.07, 6.45) is 1.58. The average Bonchev–Trinajstić information content (AvgIpc) is 3.31. The topological polar surface area (TPSA) is 79.4 Å². The Morgan fingerprint density at radius 1 is 1.00 bits per heavy atom. The van der Waals surface area contributed by atoms with Crippen LogP contribution in [0.25, 0.3) is 11.3 Å². The van der Waals surface area contributed by atoms with Crippen LogP contribution in [0.1, 0.15) is 32.7 Å². The summed E-state index contributed by atoms with van der Waals surface area (Å²) in [5.74, 6) is 0.415. The van der Waals surface area contributed by atoms with E-state index in [4.69, 9.17) is 4.74 Å². The number of hydrazone groups is 1. The number of H-pyrrole nitrogens is 1. The van der Waals surface area contributed by atoms with Gasteiger partial charge in [0.25, 0.3) is 5.91 Å². The van der Waals surface area contributed by atoms with E-state index in [9.17, 15) is 4.79 Å². The van der Waals surface area contributed by atoms with Crippen molar-refractivity contribution in [3.05, 3.63) is 107 Å². The molecule has 6 heteroatoms. The SMILES string of the molecule is Cc1ccc(-c2cc(C(=O)N/N=C\c3ccc(OCc4ccccc4)cc3)[nH]n2)cc1C. The van der Waals surface area contributed by atoms with Crippen LogP contribution < -0.4 is 10.2 Å². The summed E-state index contributed by atoms with van der Waals surface area (Å²) in [6, 6.07) is 25.3. The van der Waals surface area contributed by atoms with Gasteiger partial charge in [-0.25, -0.2) is 5.43 Å². The molecule has 0 unspecified atom stereocenters. The first-order valence-corrected chi connectivity index (χ1v) is 10.3. The van der Waals surface area contributed by atoms with E-state index in [1.807, 2.05) is 66.7 Å². The van der Waals surface area contributed by atoms with Gasteiger partial charge in [0.15, 0.2) is 0 Å². The Bertz CT molecular complexity index is 1230. The molecule has 0 saturated heterocycles. The number of aromatic amines is 1. The largest absolute Gasteiger partial charge is 0.489 e. The molecule has 0 fully saturated rings. The van der Waals surface area contributed by atoms with Crippen LogP contribution in [0.4, 0.5) is 0 Å². The summed E-state index contributed by atoms with van der Waals surface area (Å²) >= 11 is 0. The third kappa shape index (κ3) is 5.29. The van der Waals surface area contributed by atoms with Gasteiger partial charge in [0.05, 0.1) is 11.9 Å². The van der Waals surface area contributed by atoms with Crippen molar-refractivity contribution < 1.29 is 9.53 Å². The van der Waals surface area contributed by atoms with Crippen LogP contribution in [0.2, 0.25) is 0 Å². The van der Waals surface area contributed by atoms with E-state index in [1.165, 1.54) is 11.1 Å². The van der Waals surface area contributed by atoms with Crippen LogP contribution in [0.3, 0.4) is 0 Å². The Hall–Kier alpha value is -4.19. The van der Waals surface area contributed by atoms with Crippen molar-refractivity contribution in [3.63, 3.8) is 0 Å². The molecule has 1 aromatic heterocycles. The standard InChI is InChI=1S/C26H24N4O2/c1-18-8-11-22(14-19(18)2)24-15-25(29-28-24)26(31)30-27-16-20-9-12-23(13-10-20)32-17-21-6-4-3-5-7-21/h3-16H,17H2,1-2H3,(H,28,29)(H,30,31)/b27-16-. The number of nitrogens with zero attached hydrogens (tertiary/aromatic N) is 2. The number of hydrogen-bond acceptors (Lipinski definition) is 4. The number of ether oxygens (including phenoxy) is 1. The third-order valence-electron chi connectivity index (χ3n) is 5.13. The molecule has 0 radical (unpaired) electrons. The van der Waals surface area contributed by atoms with E-state index in [0.29, 0.717) is 18.0 Å². The lowest BCUT2D eigenvalue weighted by molar-refractivity contribution is 0.0950. The first-order valence-electron chi connectivity index (χ1n) is 10.3. The van der Waals surface area contributed by atoms with Gasteiger partial charge >= 0.3 is 0 Å². The lowest BCUT2D eigenvalue weighted by atomic mass is 10.0. The van der Waals surface area contributed by atoms with Gasteiger partial charge in [-0.3, -0.25) is 9.89 Å². The van der Waals surface area contributed by atoms with Crippen molar-refractivity contribution in [1.82, 2.24) is 15.6 Å². The Morgan fingerprint density at radius 2 is 1.78 bits per heavy atom. The molecule has 2 N–H and O–H groups in total. The fourth-order valence-electron chi connectivity index (χ4n) is 3.10. The number of amides is 1. The van der Waals surface area contributed by atoms with E-state index in [-0.39, 0.29) is 5.91 Å². The minimum absolute atomic E-state index is 0.347. The molecule has 0 aliphatic rings. The molecule has 3 aromatic carbocycles. The van der Waals surface area contributed by atoms with Gasteiger partial charge in [0, 0.05) is 5.56 Å². The molecule has 0 spiro atoms. The summed E-state index contributed by atoms with van der Waals surface area (Å²) in [5.41, 5.74) is 8.90. The number of rotatable bonds is 7. The molecule has 1 amide bonds. The molecule has 1 heterocycles. The number of carbonyl (C=O) groups excluding carboxylic acids is 1. The van der Waals surface area contributed by atoms with E-state index < -0.39 is 0 Å². The van der Waals surface area contributed by atoms with Gasteiger partial charge in [0.1, 0.15) is 18.1 Å². The van der Waals surface area contributed by atoms with Crippen molar-refractivity contribution >= 4 is 12.1 Å². The van der Waals surface area contributed by atoms with Gasteiger partial charge in [-0.1, -0.05) is 42.5 Å². The molecule has 0 bridgehead atoms. The summed E-state index contributed by atoms with van der Waals surface area (Å²) < 4.78 is 5.77. The Kier molecular flexibility index (Phi) is 6.41. The van der Waals surface area contributed by atoms with E-state index in [1.54, 1.807) is 12.3 Å². The number of benzene rings is 3. The van der Waals surface area contributed by atoms with Gasteiger partial charge in [-0.05, 0) is 72.5 Å². The normalized spacial score (nSPS) is 10.9. The highest BCUT2D eigenvalue weighted by molar-refractivity contribution is 5.94. The molecule has 0 atom stereocenters. The lowest BCUT2D eigenvalue weighted by Crippen LogP contribution is -2.17. The van der Waals surface area contributed by atoms with Crippen LogP contribution in [0, 0.1) is 13.8 Å². The highest BCUT2D eigenvalue weighted by Gasteiger charge is 2.11. The molecule has 0 aliphatic heterocycles. The zero-order chi connectivity index (χ0) is 22.3. The third-order valence-corrected chi connectivity index (χ3v) is 5.13. The highest BCUT2D eigenvalue weighted by Crippen LogP contribution is 2.21. The maximum Gasteiger partial charge on any atom is 0.289 e. The summed E-state index contributed by atoms with van der Waals surface area (Å²) in [6.45, 7) is 4.63. The molecule has 0 saturated carbocycles. The van der Waals surface area contributed by atoms with E-state index >= 15 is 0 Å². The van der Waals surface area contributed by atoms with E-state index in [2.05, 4.69) is 40.6 Å². The number of aryl methyl sites for hydroxylation is 2. The van der Waals surface area contributed by atoms with E-state index in [0.717, 1.165) is 22.4 Å². The maximum atomic E-state index is 12.4. The Morgan fingerprint density at radius 3 is 2.53 bits per heavy atom. The first kappa shape index (κ1) is 21.1. The van der Waals surface area contributed by atoms with Crippen molar-refractivity contribution in [1.29, 1.82) is 0 Å². The highest BCUT2D eigenvalue weighted by atomic mass is 16.5. The van der Waals surface area contributed by atoms with Crippen LogP contribution in [0.5, 0.6) is 5.75 Å².